The quantitative estimate of drug-likeness (QED) is 0.476. The molecule has 0 saturated heterocycles. The smallest absolute Gasteiger partial charge is 0.258 e. The molecule has 0 spiro atoms. The van der Waals surface area contributed by atoms with Crippen molar-refractivity contribution in [3.8, 4) is 6.07 Å². The van der Waals surface area contributed by atoms with Gasteiger partial charge in [-0.2, -0.15) is 5.26 Å². The molecular formula is C9H7ClN2O4S. The van der Waals surface area contributed by atoms with Gasteiger partial charge in [0, 0.05) is 16.2 Å². The van der Waals surface area contributed by atoms with E-state index in [1.54, 1.807) is 13.0 Å². The Balaban J connectivity index is 3.69. The Morgan fingerprint density at radius 1 is 1.53 bits per heavy atom. The number of nitro benzene ring substituents is 1. The Morgan fingerprint density at radius 2 is 2.12 bits per heavy atom. The van der Waals surface area contributed by atoms with Crippen molar-refractivity contribution in [3.63, 3.8) is 0 Å². The minimum absolute atomic E-state index is 0.160. The van der Waals surface area contributed by atoms with E-state index in [9.17, 15) is 18.5 Å². The first kappa shape index (κ1) is 13.4. The lowest BCUT2D eigenvalue weighted by atomic mass is 10.1. The summed E-state index contributed by atoms with van der Waals surface area (Å²) in [6.07, 6.45) is 0.227. The molecule has 0 saturated carbocycles. The minimum atomic E-state index is -4.01. The summed E-state index contributed by atoms with van der Waals surface area (Å²) in [6, 6.07) is 3.61. The summed E-state index contributed by atoms with van der Waals surface area (Å²) in [5.74, 6) is 0. The molecule has 0 N–H and O–H groups in total. The van der Waals surface area contributed by atoms with E-state index < -0.39 is 14.0 Å². The predicted molar refractivity (Wildman–Crippen MR) is 60.2 cm³/mol. The monoisotopic (exact) mass is 274 g/mol. The SMILES string of the molecule is CCc1cc(S(=O)(=O)Cl)cc(C#N)c1[N+](=O)[O-]. The Morgan fingerprint density at radius 3 is 2.47 bits per heavy atom. The largest absolute Gasteiger partial charge is 0.290 e. The Labute approximate surface area is 102 Å². The molecule has 1 aromatic carbocycles. The highest BCUT2D eigenvalue weighted by molar-refractivity contribution is 8.13. The fraction of sp³-hybridized carbons (Fsp3) is 0.222. The van der Waals surface area contributed by atoms with Crippen molar-refractivity contribution < 1.29 is 13.3 Å². The minimum Gasteiger partial charge on any atom is -0.258 e. The van der Waals surface area contributed by atoms with E-state index in [0.717, 1.165) is 12.1 Å². The standard InChI is InChI=1S/C9H7ClN2O4S/c1-2-6-3-8(17(10,15)16)4-7(5-11)9(6)12(13)14/h3-4H,2H2,1H3. The molecule has 90 valence electrons. The van der Waals surface area contributed by atoms with Crippen LogP contribution in [0.15, 0.2) is 17.0 Å². The first-order valence-electron chi connectivity index (χ1n) is 4.47. The fourth-order valence-electron chi connectivity index (χ4n) is 1.38. The Hall–Kier alpha value is -1.65. The fourth-order valence-corrected chi connectivity index (χ4v) is 2.19. The lowest BCUT2D eigenvalue weighted by Crippen LogP contribution is -2.01. The normalized spacial score (nSPS) is 10.9. The number of nitro groups is 1. The van der Waals surface area contributed by atoms with E-state index in [-0.39, 0.29) is 28.1 Å². The summed E-state index contributed by atoms with van der Waals surface area (Å²) < 4.78 is 22.3. The molecule has 0 bridgehead atoms. The van der Waals surface area contributed by atoms with E-state index in [1.165, 1.54) is 0 Å². The number of rotatable bonds is 3. The third-order valence-corrected chi connectivity index (χ3v) is 3.46. The Bertz CT molecular complexity index is 619. The van der Waals surface area contributed by atoms with Gasteiger partial charge in [0.15, 0.2) is 0 Å². The highest BCUT2D eigenvalue weighted by Crippen LogP contribution is 2.29. The van der Waals surface area contributed by atoms with Gasteiger partial charge in [-0.1, -0.05) is 6.92 Å². The number of hydrogen-bond acceptors (Lipinski definition) is 5. The molecule has 0 atom stereocenters. The van der Waals surface area contributed by atoms with Gasteiger partial charge in [0.25, 0.3) is 14.7 Å². The second kappa shape index (κ2) is 4.69. The first-order chi connectivity index (χ1) is 7.81. The summed E-state index contributed by atoms with van der Waals surface area (Å²) in [6.45, 7) is 1.62. The molecule has 0 heterocycles. The van der Waals surface area contributed by atoms with Crippen LogP contribution in [0.5, 0.6) is 0 Å². The third-order valence-electron chi connectivity index (χ3n) is 2.13. The van der Waals surface area contributed by atoms with Crippen molar-refractivity contribution in [2.45, 2.75) is 18.2 Å². The van der Waals surface area contributed by atoms with Gasteiger partial charge in [0.2, 0.25) is 0 Å². The Kier molecular flexibility index (Phi) is 3.70. The van der Waals surface area contributed by atoms with Gasteiger partial charge in [-0.25, -0.2) is 8.42 Å². The topological polar surface area (TPSA) is 101 Å². The molecular weight excluding hydrogens is 268 g/mol. The van der Waals surface area contributed by atoms with Crippen LogP contribution in [0.1, 0.15) is 18.1 Å². The van der Waals surface area contributed by atoms with E-state index in [4.69, 9.17) is 15.9 Å². The van der Waals surface area contributed by atoms with E-state index in [0.29, 0.717) is 0 Å². The zero-order valence-electron chi connectivity index (χ0n) is 8.68. The van der Waals surface area contributed by atoms with Gasteiger partial charge >= 0.3 is 0 Å². The third kappa shape index (κ3) is 2.72. The molecule has 0 aliphatic rings. The van der Waals surface area contributed by atoms with Crippen LogP contribution in [-0.4, -0.2) is 13.3 Å². The van der Waals surface area contributed by atoms with E-state index in [1.807, 2.05) is 0 Å². The summed E-state index contributed by atoms with van der Waals surface area (Å²) in [7, 11) is 1.13. The molecule has 0 aromatic heterocycles. The lowest BCUT2D eigenvalue weighted by molar-refractivity contribution is -0.385. The molecule has 0 aliphatic heterocycles. The van der Waals surface area contributed by atoms with Crippen molar-refractivity contribution in [3.05, 3.63) is 33.4 Å². The molecule has 6 nitrogen and oxygen atoms in total. The molecule has 0 fully saturated rings. The first-order valence-corrected chi connectivity index (χ1v) is 6.78. The van der Waals surface area contributed by atoms with Crippen LogP contribution in [0.2, 0.25) is 0 Å². The number of nitriles is 1. The van der Waals surface area contributed by atoms with Gasteiger partial charge in [-0.15, -0.1) is 0 Å². The highest BCUT2D eigenvalue weighted by Gasteiger charge is 2.23. The molecule has 1 aromatic rings. The number of aryl methyl sites for hydroxylation is 1. The average molecular weight is 275 g/mol. The van der Waals surface area contributed by atoms with Crippen molar-refractivity contribution in [2.75, 3.05) is 0 Å². The molecule has 17 heavy (non-hydrogen) atoms. The van der Waals surface area contributed by atoms with Crippen LogP contribution >= 0.6 is 10.7 Å². The maximum absolute atomic E-state index is 11.1. The van der Waals surface area contributed by atoms with Crippen LogP contribution < -0.4 is 0 Å². The number of benzene rings is 1. The van der Waals surface area contributed by atoms with Crippen molar-refractivity contribution in [1.29, 1.82) is 5.26 Å². The number of hydrogen-bond donors (Lipinski definition) is 0. The van der Waals surface area contributed by atoms with Crippen LogP contribution in [0.3, 0.4) is 0 Å². The van der Waals surface area contributed by atoms with Crippen molar-refractivity contribution in [1.82, 2.24) is 0 Å². The zero-order chi connectivity index (χ0) is 13.2. The summed E-state index contributed by atoms with van der Waals surface area (Å²) >= 11 is 0. The molecule has 1 rings (SSSR count). The second-order valence-electron chi connectivity index (χ2n) is 3.14. The van der Waals surface area contributed by atoms with Gasteiger partial charge in [-0.3, -0.25) is 10.1 Å². The molecule has 0 radical (unpaired) electrons. The summed E-state index contributed by atoms with van der Waals surface area (Å²) in [5, 5.41) is 19.6. The maximum Gasteiger partial charge on any atom is 0.290 e. The molecule has 0 unspecified atom stereocenters. The molecule has 0 aliphatic carbocycles. The van der Waals surface area contributed by atoms with E-state index >= 15 is 0 Å². The van der Waals surface area contributed by atoms with E-state index in [2.05, 4.69) is 0 Å². The maximum atomic E-state index is 11.1. The second-order valence-corrected chi connectivity index (χ2v) is 5.70. The molecule has 0 amide bonds. The number of halogens is 1. The lowest BCUT2D eigenvalue weighted by Gasteiger charge is -2.04. The summed E-state index contributed by atoms with van der Waals surface area (Å²) in [5.41, 5.74) is -0.527. The van der Waals surface area contributed by atoms with Gasteiger partial charge in [0.1, 0.15) is 11.6 Å². The van der Waals surface area contributed by atoms with Gasteiger partial charge in [0.05, 0.1) is 9.82 Å². The summed E-state index contributed by atoms with van der Waals surface area (Å²) in [4.78, 5) is 9.78. The van der Waals surface area contributed by atoms with Crippen molar-refractivity contribution >= 4 is 25.4 Å². The van der Waals surface area contributed by atoms with Crippen LogP contribution in [-0.2, 0) is 15.5 Å². The van der Waals surface area contributed by atoms with Crippen LogP contribution in [0.4, 0.5) is 5.69 Å². The van der Waals surface area contributed by atoms with Crippen LogP contribution in [0.25, 0.3) is 0 Å². The zero-order valence-corrected chi connectivity index (χ0v) is 10.2. The average Bonchev–Trinajstić information content (AvgIpc) is 2.25. The van der Waals surface area contributed by atoms with Gasteiger partial charge in [-0.05, 0) is 18.6 Å². The molecule has 8 heteroatoms. The predicted octanol–water partition coefficient (Wildman–Crippen LogP) is 1.96. The van der Waals surface area contributed by atoms with Crippen molar-refractivity contribution in [2.24, 2.45) is 0 Å². The van der Waals surface area contributed by atoms with Crippen LogP contribution in [0, 0.1) is 21.4 Å². The highest BCUT2D eigenvalue weighted by atomic mass is 35.7. The van der Waals surface area contributed by atoms with Gasteiger partial charge < -0.3 is 0 Å². The number of nitrogens with zero attached hydrogens (tertiary/aromatic N) is 2.